The summed E-state index contributed by atoms with van der Waals surface area (Å²) in [6.45, 7) is 0.484. The highest BCUT2D eigenvalue weighted by molar-refractivity contribution is 5.98. The fraction of sp³-hybridized carbons (Fsp3) is 0.263. The lowest BCUT2D eigenvalue weighted by atomic mass is 10.1. The van der Waals surface area contributed by atoms with Gasteiger partial charge in [-0.15, -0.1) is 0 Å². The number of ether oxygens (including phenoxy) is 1. The van der Waals surface area contributed by atoms with Gasteiger partial charge in [-0.2, -0.15) is 0 Å². The number of carbonyl (C=O) groups excluding carboxylic acids is 2. The second kappa shape index (κ2) is 6.12. The molecule has 1 saturated heterocycles. The van der Waals surface area contributed by atoms with Crippen LogP contribution in [0, 0.1) is 0 Å². The Morgan fingerprint density at radius 2 is 2.24 bits per heavy atom. The van der Waals surface area contributed by atoms with Crippen molar-refractivity contribution >= 4 is 22.6 Å². The van der Waals surface area contributed by atoms with Crippen LogP contribution in [0.25, 0.3) is 10.9 Å². The van der Waals surface area contributed by atoms with Crippen LogP contribution in [0.4, 0.5) is 0 Å². The fourth-order valence-electron chi connectivity index (χ4n) is 3.22. The molecule has 2 aromatic rings. The molecule has 1 atom stereocenters. The summed E-state index contributed by atoms with van der Waals surface area (Å²) < 4.78 is 5.82. The van der Waals surface area contributed by atoms with Crippen molar-refractivity contribution in [1.82, 2.24) is 15.2 Å². The number of hydrogen-bond donors (Lipinski definition) is 2. The van der Waals surface area contributed by atoms with Crippen LogP contribution in [-0.4, -0.2) is 41.4 Å². The van der Waals surface area contributed by atoms with E-state index in [0.29, 0.717) is 30.8 Å². The van der Waals surface area contributed by atoms with Crippen LogP contribution in [0.2, 0.25) is 0 Å². The van der Waals surface area contributed by atoms with E-state index < -0.39 is 0 Å². The number of ketones is 1. The first-order valence-corrected chi connectivity index (χ1v) is 8.32. The highest BCUT2D eigenvalue weighted by Gasteiger charge is 2.32. The smallest absolute Gasteiger partial charge is 0.267 e. The van der Waals surface area contributed by atoms with Gasteiger partial charge >= 0.3 is 0 Å². The molecule has 0 bridgehead atoms. The molecule has 1 unspecified atom stereocenters. The lowest BCUT2D eigenvalue weighted by Crippen LogP contribution is -2.32. The zero-order valence-corrected chi connectivity index (χ0v) is 13.9. The Morgan fingerprint density at radius 3 is 3.08 bits per heavy atom. The molecule has 1 aromatic heterocycles. The first-order valence-electron chi connectivity index (χ1n) is 8.32. The van der Waals surface area contributed by atoms with Gasteiger partial charge in [0.05, 0.1) is 5.70 Å². The maximum Gasteiger partial charge on any atom is 0.267 e. The lowest BCUT2D eigenvalue weighted by Gasteiger charge is -2.19. The Balaban J connectivity index is 1.35. The summed E-state index contributed by atoms with van der Waals surface area (Å²) >= 11 is 0. The highest BCUT2D eigenvalue weighted by atomic mass is 16.5. The maximum absolute atomic E-state index is 12.3. The summed E-state index contributed by atoms with van der Waals surface area (Å²) in [7, 11) is 1.94. The first kappa shape index (κ1) is 15.5. The van der Waals surface area contributed by atoms with Crippen molar-refractivity contribution in [3.63, 3.8) is 0 Å². The molecule has 2 heterocycles. The second-order valence-corrected chi connectivity index (χ2v) is 6.27. The van der Waals surface area contributed by atoms with Gasteiger partial charge in [-0.25, -0.2) is 0 Å². The predicted octanol–water partition coefficient (Wildman–Crippen LogP) is 2.32. The van der Waals surface area contributed by atoms with Gasteiger partial charge in [-0.3, -0.25) is 9.59 Å². The number of H-pyrrole nitrogens is 1. The molecule has 1 aliphatic carbocycles. The summed E-state index contributed by atoms with van der Waals surface area (Å²) in [5.74, 6) is 0.550. The number of nitrogens with one attached hydrogen (secondary N) is 2. The van der Waals surface area contributed by atoms with E-state index in [-0.39, 0.29) is 17.9 Å². The van der Waals surface area contributed by atoms with Gasteiger partial charge in [0.2, 0.25) is 0 Å². The number of fused-ring (bicyclic) bond motifs is 2. The molecule has 1 aromatic carbocycles. The van der Waals surface area contributed by atoms with E-state index in [4.69, 9.17) is 4.74 Å². The van der Waals surface area contributed by atoms with Crippen LogP contribution in [0.1, 0.15) is 23.3 Å². The van der Waals surface area contributed by atoms with Gasteiger partial charge in [0.1, 0.15) is 11.5 Å². The van der Waals surface area contributed by atoms with Gasteiger partial charge in [0.15, 0.2) is 12.0 Å². The van der Waals surface area contributed by atoms with Gasteiger partial charge in [0.25, 0.3) is 5.91 Å². The Labute approximate surface area is 145 Å². The van der Waals surface area contributed by atoms with E-state index in [1.807, 2.05) is 48.4 Å². The van der Waals surface area contributed by atoms with Crippen molar-refractivity contribution in [3.05, 3.63) is 59.6 Å². The monoisotopic (exact) mass is 337 g/mol. The quantitative estimate of drug-likeness (QED) is 0.898. The molecule has 0 saturated carbocycles. The average Bonchev–Trinajstić information content (AvgIpc) is 3.16. The highest BCUT2D eigenvalue weighted by Crippen LogP contribution is 2.32. The van der Waals surface area contributed by atoms with Gasteiger partial charge in [-0.1, -0.05) is 18.2 Å². The summed E-state index contributed by atoms with van der Waals surface area (Å²) in [5, 5.41) is 3.93. The predicted molar refractivity (Wildman–Crippen MR) is 93.7 cm³/mol. The first-order chi connectivity index (χ1) is 12.1. The third-order valence-corrected chi connectivity index (χ3v) is 4.57. The zero-order valence-electron chi connectivity index (χ0n) is 13.9. The number of nitrogens with zero attached hydrogens (tertiary/aromatic N) is 1. The lowest BCUT2D eigenvalue weighted by molar-refractivity contribution is -0.114. The second-order valence-electron chi connectivity index (χ2n) is 6.27. The topological polar surface area (TPSA) is 74.4 Å². The van der Waals surface area contributed by atoms with Crippen molar-refractivity contribution < 1.29 is 14.3 Å². The number of amides is 1. The van der Waals surface area contributed by atoms with E-state index in [9.17, 15) is 9.59 Å². The third kappa shape index (κ3) is 2.91. The summed E-state index contributed by atoms with van der Waals surface area (Å²) in [5.41, 5.74) is 2.44. The Bertz CT molecular complexity index is 877. The number of rotatable bonds is 4. The number of para-hydroxylation sites is 1. The number of likely N-dealkylation sites (N-methyl/N-ethyl adjacent to an activating group) is 1. The van der Waals surface area contributed by atoms with E-state index in [2.05, 4.69) is 10.3 Å². The van der Waals surface area contributed by atoms with Gasteiger partial charge in [0, 0.05) is 43.4 Å². The number of aromatic amines is 1. The normalized spacial score (nSPS) is 19.3. The molecular formula is C19H19N3O3. The number of benzene rings is 1. The largest absolute Gasteiger partial charge is 0.468 e. The molecule has 2 aliphatic rings. The van der Waals surface area contributed by atoms with Crippen LogP contribution in [-0.2, 0) is 9.53 Å². The molecule has 6 heteroatoms. The SMILES string of the molecule is CN1C2=CCC(=O)C=C2OC1CCNC(=O)c1cc2ccccc2[nH]1. The summed E-state index contributed by atoms with van der Waals surface area (Å²) in [6.07, 6.45) is 4.31. The minimum absolute atomic E-state index is 0.0555. The van der Waals surface area contributed by atoms with Gasteiger partial charge < -0.3 is 19.9 Å². The number of aromatic nitrogens is 1. The summed E-state index contributed by atoms with van der Waals surface area (Å²) in [6, 6.07) is 9.63. The Hall–Kier alpha value is -3.02. The Kier molecular flexibility index (Phi) is 3.80. The van der Waals surface area contributed by atoms with Crippen molar-refractivity contribution in [2.24, 2.45) is 0 Å². The zero-order chi connectivity index (χ0) is 17.4. The van der Waals surface area contributed by atoms with Crippen LogP contribution in [0.3, 0.4) is 0 Å². The maximum atomic E-state index is 12.3. The minimum Gasteiger partial charge on any atom is -0.468 e. The van der Waals surface area contributed by atoms with Crippen LogP contribution in [0.15, 0.2) is 53.9 Å². The standard InChI is InChI=1S/C19H19N3O3/c1-22-16-7-6-13(23)11-17(16)25-18(22)8-9-20-19(24)15-10-12-4-2-3-5-14(12)21-15/h2-5,7,10-11,18,21H,6,8-9H2,1H3,(H,20,24). The van der Waals surface area contributed by atoms with E-state index >= 15 is 0 Å². The molecule has 1 amide bonds. The molecule has 0 spiro atoms. The van der Waals surface area contributed by atoms with Crippen molar-refractivity contribution in [1.29, 1.82) is 0 Å². The molecule has 1 fully saturated rings. The van der Waals surface area contributed by atoms with Gasteiger partial charge in [-0.05, 0) is 18.2 Å². The van der Waals surface area contributed by atoms with Crippen molar-refractivity contribution in [3.8, 4) is 0 Å². The van der Waals surface area contributed by atoms with Crippen molar-refractivity contribution in [2.75, 3.05) is 13.6 Å². The number of hydrogen-bond acceptors (Lipinski definition) is 4. The fourth-order valence-corrected chi connectivity index (χ4v) is 3.22. The minimum atomic E-state index is -0.175. The molecule has 0 radical (unpaired) electrons. The van der Waals surface area contributed by atoms with Crippen LogP contribution >= 0.6 is 0 Å². The number of carbonyl (C=O) groups is 2. The molecule has 128 valence electrons. The molecule has 6 nitrogen and oxygen atoms in total. The molecule has 1 aliphatic heterocycles. The van der Waals surface area contributed by atoms with E-state index in [1.165, 1.54) is 0 Å². The van der Waals surface area contributed by atoms with E-state index in [1.54, 1.807) is 6.08 Å². The van der Waals surface area contributed by atoms with Crippen molar-refractivity contribution in [2.45, 2.75) is 19.1 Å². The summed E-state index contributed by atoms with van der Waals surface area (Å²) in [4.78, 5) is 28.9. The molecular weight excluding hydrogens is 318 g/mol. The molecule has 2 N–H and O–H groups in total. The average molecular weight is 337 g/mol. The molecule has 25 heavy (non-hydrogen) atoms. The Morgan fingerprint density at radius 1 is 1.40 bits per heavy atom. The van der Waals surface area contributed by atoms with E-state index in [0.717, 1.165) is 16.6 Å². The number of allylic oxidation sites excluding steroid dienone is 2. The molecule has 4 rings (SSSR count). The third-order valence-electron chi connectivity index (χ3n) is 4.57. The van der Waals surface area contributed by atoms with Crippen LogP contribution in [0.5, 0.6) is 0 Å². The van der Waals surface area contributed by atoms with Crippen LogP contribution < -0.4 is 5.32 Å².